The zero-order valence-corrected chi connectivity index (χ0v) is 11.1. The van der Waals surface area contributed by atoms with E-state index in [9.17, 15) is 0 Å². The van der Waals surface area contributed by atoms with Gasteiger partial charge in [0.25, 0.3) is 0 Å². The number of nitrogen functional groups attached to an aromatic ring is 1. The molecule has 2 N–H and O–H groups in total. The summed E-state index contributed by atoms with van der Waals surface area (Å²) in [4.78, 5) is 16.4. The number of nitrogens with two attached hydrogens (primary N) is 1. The molecule has 3 aromatic rings. The van der Waals surface area contributed by atoms with Gasteiger partial charge in [-0.25, -0.2) is 19.9 Å². The van der Waals surface area contributed by atoms with Crippen molar-refractivity contribution in [3.05, 3.63) is 40.7 Å². The average molecular weight is 295 g/mol. The second-order valence-corrected chi connectivity index (χ2v) is 4.66. The van der Waals surface area contributed by atoms with Crippen molar-refractivity contribution in [2.45, 2.75) is 6.54 Å². The summed E-state index contributed by atoms with van der Waals surface area (Å²) in [6.45, 7) is 0.409. The summed E-state index contributed by atoms with van der Waals surface area (Å²) in [6, 6.07) is 3.34. The van der Waals surface area contributed by atoms with Crippen LogP contribution in [0.2, 0.25) is 10.2 Å². The molecule has 0 unspecified atom stereocenters. The highest BCUT2D eigenvalue weighted by atomic mass is 35.5. The van der Waals surface area contributed by atoms with E-state index in [0.29, 0.717) is 39.4 Å². The molecule has 0 spiro atoms. The number of hydrogen-bond donors (Lipinski definition) is 1. The molecule has 8 heteroatoms. The lowest BCUT2D eigenvalue weighted by atomic mass is 10.3. The quantitative estimate of drug-likeness (QED) is 0.732. The number of aromatic nitrogens is 5. The first-order chi connectivity index (χ1) is 9.15. The molecule has 0 atom stereocenters. The van der Waals surface area contributed by atoms with Gasteiger partial charge in [0.1, 0.15) is 17.0 Å². The first kappa shape index (κ1) is 12.1. The molecule has 3 rings (SSSR count). The molecule has 0 aliphatic rings. The average Bonchev–Trinajstić information content (AvgIpc) is 2.79. The van der Waals surface area contributed by atoms with Gasteiger partial charge in [-0.3, -0.25) is 0 Å². The van der Waals surface area contributed by atoms with Gasteiger partial charge >= 0.3 is 0 Å². The van der Waals surface area contributed by atoms with Crippen molar-refractivity contribution >= 4 is 40.2 Å². The minimum absolute atomic E-state index is 0.342. The maximum atomic E-state index is 6.08. The van der Waals surface area contributed by atoms with Crippen molar-refractivity contribution in [1.29, 1.82) is 0 Å². The molecular weight excluding hydrogens is 287 g/mol. The Morgan fingerprint density at radius 3 is 2.84 bits per heavy atom. The van der Waals surface area contributed by atoms with Crippen molar-refractivity contribution in [1.82, 2.24) is 24.5 Å². The normalized spacial score (nSPS) is 11.1. The van der Waals surface area contributed by atoms with E-state index in [1.165, 1.54) is 6.33 Å². The molecule has 0 amide bonds. The predicted octanol–water partition coefficient (Wildman–Crippen LogP) is 2.16. The van der Waals surface area contributed by atoms with E-state index in [4.69, 9.17) is 28.9 Å². The largest absolute Gasteiger partial charge is 0.382 e. The van der Waals surface area contributed by atoms with E-state index in [0.717, 1.165) is 0 Å². The lowest BCUT2D eigenvalue weighted by Gasteiger charge is -2.05. The Hall–Kier alpha value is -1.92. The predicted molar refractivity (Wildman–Crippen MR) is 73.1 cm³/mol. The third-order valence-corrected chi connectivity index (χ3v) is 3.19. The first-order valence-corrected chi connectivity index (χ1v) is 6.13. The topological polar surface area (TPSA) is 82.5 Å². The second kappa shape index (κ2) is 4.64. The fraction of sp³-hybridized carbons (Fsp3) is 0.0909. The van der Waals surface area contributed by atoms with Crippen molar-refractivity contribution < 1.29 is 0 Å². The summed E-state index contributed by atoms with van der Waals surface area (Å²) in [5, 5.41) is 0.922. The first-order valence-electron chi connectivity index (χ1n) is 5.37. The second-order valence-electron chi connectivity index (χ2n) is 3.87. The van der Waals surface area contributed by atoms with E-state index in [-0.39, 0.29) is 0 Å². The van der Waals surface area contributed by atoms with Crippen LogP contribution in [0.15, 0.2) is 24.8 Å². The van der Waals surface area contributed by atoms with Gasteiger partial charge in [-0.1, -0.05) is 23.2 Å². The van der Waals surface area contributed by atoms with Crippen molar-refractivity contribution in [2.24, 2.45) is 0 Å². The fourth-order valence-electron chi connectivity index (χ4n) is 1.74. The Kier molecular flexibility index (Phi) is 2.96. The summed E-state index contributed by atoms with van der Waals surface area (Å²) in [5.74, 6) is 0.342. The monoisotopic (exact) mass is 294 g/mol. The summed E-state index contributed by atoms with van der Waals surface area (Å²) in [6.07, 6.45) is 3.01. The molecule has 6 nitrogen and oxygen atoms in total. The number of anilines is 1. The Balaban J connectivity index is 2.06. The Bertz CT molecular complexity index is 754. The van der Waals surface area contributed by atoms with Crippen LogP contribution in [0.3, 0.4) is 0 Å². The van der Waals surface area contributed by atoms with E-state index in [1.807, 2.05) is 0 Å². The molecule has 0 saturated carbocycles. The van der Waals surface area contributed by atoms with Crippen LogP contribution in [-0.4, -0.2) is 24.5 Å². The van der Waals surface area contributed by atoms with Gasteiger partial charge in [0, 0.05) is 0 Å². The maximum Gasteiger partial charge on any atom is 0.165 e. The fourth-order valence-corrected chi connectivity index (χ4v) is 2.07. The van der Waals surface area contributed by atoms with Gasteiger partial charge in [0.15, 0.2) is 11.5 Å². The molecule has 19 heavy (non-hydrogen) atoms. The van der Waals surface area contributed by atoms with Crippen LogP contribution in [0.1, 0.15) is 5.69 Å². The number of nitrogens with zero attached hydrogens (tertiary/aromatic N) is 5. The van der Waals surface area contributed by atoms with E-state index >= 15 is 0 Å². The minimum Gasteiger partial charge on any atom is -0.382 e. The van der Waals surface area contributed by atoms with Crippen LogP contribution < -0.4 is 5.73 Å². The van der Waals surface area contributed by atoms with Crippen LogP contribution >= 0.6 is 23.2 Å². The van der Waals surface area contributed by atoms with Crippen molar-refractivity contribution in [3.8, 4) is 0 Å². The molecule has 0 aliphatic carbocycles. The van der Waals surface area contributed by atoms with Crippen LogP contribution in [0.5, 0.6) is 0 Å². The Labute approximate surface area is 118 Å². The smallest absolute Gasteiger partial charge is 0.165 e. The zero-order chi connectivity index (χ0) is 13.4. The Morgan fingerprint density at radius 2 is 2.00 bits per heavy atom. The van der Waals surface area contributed by atoms with Gasteiger partial charge in [0.05, 0.1) is 23.6 Å². The summed E-state index contributed by atoms with van der Waals surface area (Å²) in [7, 11) is 0. The van der Waals surface area contributed by atoms with Gasteiger partial charge in [0.2, 0.25) is 0 Å². The molecule has 0 aromatic carbocycles. The molecule has 0 bridgehead atoms. The highest BCUT2D eigenvalue weighted by Gasteiger charge is 2.10. The number of fused-ring (bicyclic) bond motifs is 1. The lowest BCUT2D eigenvalue weighted by molar-refractivity contribution is 0.788. The standard InChI is InChI=1S/C11H8Cl2N6/c12-6-1-2-8(13)18-7(6)3-19-5-17-9-10(14)15-4-16-11(9)19/h1-2,4-5H,3H2,(H2,14,15,16). The molecule has 0 aliphatic heterocycles. The van der Waals surface area contributed by atoms with Gasteiger partial charge in [-0.15, -0.1) is 0 Å². The van der Waals surface area contributed by atoms with E-state index in [2.05, 4.69) is 19.9 Å². The van der Waals surface area contributed by atoms with E-state index in [1.54, 1.807) is 23.0 Å². The SMILES string of the molecule is Nc1ncnc2c1ncn2Cc1nc(Cl)ccc1Cl. The van der Waals surface area contributed by atoms with Crippen LogP contribution in [-0.2, 0) is 6.54 Å². The summed E-state index contributed by atoms with van der Waals surface area (Å²) < 4.78 is 1.79. The maximum absolute atomic E-state index is 6.08. The number of hydrogen-bond acceptors (Lipinski definition) is 5. The number of halogens is 2. The summed E-state index contributed by atoms with van der Waals surface area (Å²) >= 11 is 11.9. The van der Waals surface area contributed by atoms with Crippen molar-refractivity contribution in [3.63, 3.8) is 0 Å². The zero-order valence-electron chi connectivity index (χ0n) is 9.59. The van der Waals surface area contributed by atoms with Crippen LogP contribution in [0.25, 0.3) is 11.2 Å². The van der Waals surface area contributed by atoms with E-state index < -0.39 is 0 Å². The summed E-state index contributed by atoms with van der Waals surface area (Å²) in [5.41, 5.74) is 7.56. The molecule has 0 saturated heterocycles. The van der Waals surface area contributed by atoms with Gasteiger partial charge < -0.3 is 10.3 Å². The lowest BCUT2D eigenvalue weighted by Crippen LogP contribution is -2.03. The van der Waals surface area contributed by atoms with Crippen LogP contribution in [0.4, 0.5) is 5.82 Å². The van der Waals surface area contributed by atoms with Crippen molar-refractivity contribution in [2.75, 3.05) is 5.73 Å². The molecule has 96 valence electrons. The number of rotatable bonds is 2. The molecule has 3 heterocycles. The van der Waals surface area contributed by atoms with Gasteiger partial charge in [-0.2, -0.15) is 0 Å². The molecule has 3 aromatic heterocycles. The third-order valence-electron chi connectivity index (χ3n) is 2.63. The molecule has 0 fully saturated rings. The third kappa shape index (κ3) is 2.20. The minimum atomic E-state index is 0.342. The highest BCUT2D eigenvalue weighted by Crippen LogP contribution is 2.20. The molecule has 0 radical (unpaired) electrons. The van der Waals surface area contributed by atoms with Crippen LogP contribution in [0, 0.1) is 0 Å². The number of pyridine rings is 1. The highest BCUT2D eigenvalue weighted by molar-refractivity contribution is 6.32. The molecular formula is C11H8Cl2N6. The van der Waals surface area contributed by atoms with Gasteiger partial charge in [-0.05, 0) is 12.1 Å². The number of imidazole rings is 1. The Morgan fingerprint density at radius 1 is 1.16 bits per heavy atom.